The third-order valence-electron chi connectivity index (χ3n) is 4.50. The molecule has 1 aliphatic heterocycles. The van der Waals surface area contributed by atoms with E-state index in [2.05, 4.69) is 4.72 Å². The SMILES string of the molecule is CCOC(=O)c1c(C)c(S(=O)(=O)NCc2ccc3c(c2)OCO3)c(C)n1C. The molecule has 0 fully saturated rings. The summed E-state index contributed by atoms with van der Waals surface area (Å²) >= 11 is 0. The Balaban J connectivity index is 1.87. The summed E-state index contributed by atoms with van der Waals surface area (Å²) in [5.74, 6) is 0.677. The molecule has 0 amide bonds. The molecule has 0 unspecified atom stereocenters. The molecule has 0 radical (unpaired) electrons. The fourth-order valence-corrected chi connectivity index (χ4v) is 4.66. The van der Waals surface area contributed by atoms with E-state index in [0.717, 1.165) is 5.56 Å². The van der Waals surface area contributed by atoms with Gasteiger partial charge in [0.15, 0.2) is 11.5 Å². The molecule has 1 N–H and O–H groups in total. The molecular formula is C18H22N2O6S. The van der Waals surface area contributed by atoms with Gasteiger partial charge in [-0.1, -0.05) is 6.07 Å². The van der Waals surface area contributed by atoms with Crippen molar-refractivity contribution < 1.29 is 27.4 Å². The van der Waals surface area contributed by atoms with Gasteiger partial charge >= 0.3 is 5.97 Å². The Morgan fingerprint density at radius 2 is 1.96 bits per heavy atom. The van der Waals surface area contributed by atoms with Gasteiger partial charge in [-0.3, -0.25) is 0 Å². The van der Waals surface area contributed by atoms with Gasteiger partial charge in [0.05, 0.1) is 6.61 Å². The third kappa shape index (κ3) is 3.52. The second-order valence-electron chi connectivity index (χ2n) is 6.18. The van der Waals surface area contributed by atoms with E-state index in [1.165, 1.54) is 0 Å². The molecule has 0 atom stereocenters. The summed E-state index contributed by atoms with van der Waals surface area (Å²) in [5, 5.41) is 0. The van der Waals surface area contributed by atoms with Gasteiger partial charge in [-0.15, -0.1) is 0 Å². The molecule has 0 bridgehead atoms. The fraction of sp³-hybridized carbons (Fsp3) is 0.389. The number of hydrogen-bond acceptors (Lipinski definition) is 6. The number of esters is 1. The van der Waals surface area contributed by atoms with Crippen LogP contribution in [0.4, 0.5) is 0 Å². The van der Waals surface area contributed by atoms with E-state index in [4.69, 9.17) is 14.2 Å². The maximum absolute atomic E-state index is 12.9. The fourth-order valence-electron chi connectivity index (χ4n) is 3.14. The molecule has 0 saturated carbocycles. The Morgan fingerprint density at radius 1 is 1.26 bits per heavy atom. The number of fused-ring (bicyclic) bond motifs is 1. The van der Waals surface area contributed by atoms with Crippen LogP contribution in [-0.4, -0.2) is 32.4 Å². The molecule has 1 aromatic heterocycles. The van der Waals surface area contributed by atoms with Gasteiger partial charge in [-0.2, -0.15) is 0 Å². The summed E-state index contributed by atoms with van der Waals surface area (Å²) in [6.07, 6.45) is 0. The van der Waals surface area contributed by atoms with Crippen LogP contribution < -0.4 is 14.2 Å². The van der Waals surface area contributed by atoms with Crippen molar-refractivity contribution in [2.75, 3.05) is 13.4 Å². The monoisotopic (exact) mass is 394 g/mol. The van der Waals surface area contributed by atoms with Crippen LogP contribution in [0, 0.1) is 13.8 Å². The highest BCUT2D eigenvalue weighted by atomic mass is 32.2. The molecule has 3 rings (SSSR count). The van der Waals surface area contributed by atoms with Crippen molar-refractivity contribution in [3.05, 3.63) is 40.7 Å². The molecule has 27 heavy (non-hydrogen) atoms. The van der Waals surface area contributed by atoms with Crippen LogP contribution in [0.15, 0.2) is 23.1 Å². The smallest absolute Gasteiger partial charge is 0.355 e. The van der Waals surface area contributed by atoms with Gasteiger partial charge in [-0.25, -0.2) is 17.9 Å². The highest BCUT2D eigenvalue weighted by molar-refractivity contribution is 7.89. The van der Waals surface area contributed by atoms with Crippen LogP contribution in [0.25, 0.3) is 0 Å². The molecular weight excluding hydrogens is 372 g/mol. The first-order valence-electron chi connectivity index (χ1n) is 8.47. The number of carbonyl (C=O) groups is 1. The van der Waals surface area contributed by atoms with Crippen molar-refractivity contribution in [3.8, 4) is 11.5 Å². The van der Waals surface area contributed by atoms with Crippen molar-refractivity contribution in [2.24, 2.45) is 7.05 Å². The van der Waals surface area contributed by atoms with Gasteiger partial charge in [0, 0.05) is 24.8 Å². The summed E-state index contributed by atoms with van der Waals surface area (Å²) in [7, 11) is -2.19. The Labute approximate surface area is 158 Å². The summed E-state index contributed by atoms with van der Waals surface area (Å²) in [6, 6.07) is 5.24. The molecule has 2 heterocycles. The summed E-state index contributed by atoms with van der Waals surface area (Å²) in [6.45, 7) is 5.42. The number of carbonyl (C=O) groups excluding carboxylic acids is 1. The molecule has 0 spiro atoms. The Hall–Kier alpha value is -2.52. The second kappa shape index (κ2) is 7.24. The number of nitrogens with zero attached hydrogens (tertiary/aromatic N) is 1. The van der Waals surface area contributed by atoms with E-state index < -0.39 is 16.0 Å². The number of ether oxygens (including phenoxy) is 3. The van der Waals surface area contributed by atoms with E-state index in [1.807, 2.05) is 0 Å². The third-order valence-corrected chi connectivity index (χ3v) is 6.17. The minimum Gasteiger partial charge on any atom is -0.461 e. The van der Waals surface area contributed by atoms with Crippen molar-refractivity contribution in [2.45, 2.75) is 32.2 Å². The molecule has 9 heteroatoms. The highest BCUT2D eigenvalue weighted by Gasteiger charge is 2.29. The first-order chi connectivity index (χ1) is 12.8. The molecule has 8 nitrogen and oxygen atoms in total. The minimum absolute atomic E-state index is 0.0848. The zero-order chi connectivity index (χ0) is 19.8. The predicted octanol–water partition coefficient (Wildman–Crippen LogP) is 2.03. The zero-order valence-electron chi connectivity index (χ0n) is 15.7. The lowest BCUT2D eigenvalue weighted by atomic mass is 10.2. The van der Waals surface area contributed by atoms with Crippen LogP contribution in [0.2, 0.25) is 0 Å². The first kappa shape index (κ1) is 19.2. The lowest BCUT2D eigenvalue weighted by molar-refractivity contribution is 0.0514. The van der Waals surface area contributed by atoms with E-state index >= 15 is 0 Å². The topological polar surface area (TPSA) is 95.9 Å². The minimum atomic E-state index is -3.83. The van der Waals surface area contributed by atoms with Gasteiger partial charge < -0.3 is 18.8 Å². The van der Waals surface area contributed by atoms with Gasteiger partial charge in [0.2, 0.25) is 16.8 Å². The zero-order valence-corrected chi connectivity index (χ0v) is 16.5. The van der Waals surface area contributed by atoms with E-state index in [0.29, 0.717) is 22.8 Å². The Bertz CT molecular complexity index is 994. The van der Waals surface area contributed by atoms with Gasteiger partial charge in [0.25, 0.3) is 0 Å². The quantitative estimate of drug-likeness (QED) is 0.753. The van der Waals surface area contributed by atoms with Crippen molar-refractivity contribution in [1.82, 2.24) is 9.29 Å². The van der Waals surface area contributed by atoms with E-state index in [1.54, 1.807) is 50.6 Å². The van der Waals surface area contributed by atoms with Crippen molar-refractivity contribution >= 4 is 16.0 Å². The maximum Gasteiger partial charge on any atom is 0.355 e. The maximum atomic E-state index is 12.9. The molecule has 2 aromatic rings. The standard InChI is InChI=1S/C18H22N2O6S/c1-5-24-18(21)16-11(2)17(12(3)20(16)4)27(22,23)19-9-13-6-7-14-15(8-13)26-10-25-14/h6-8,19H,5,9-10H2,1-4H3. The average Bonchev–Trinajstić information content (AvgIpc) is 3.16. The van der Waals surface area contributed by atoms with Gasteiger partial charge in [-0.05, 0) is 38.5 Å². The lowest BCUT2D eigenvalue weighted by Gasteiger charge is -2.09. The Kier molecular flexibility index (Phi) is 5.16. The average molecular weight is 394 g/mol. The molecule has 0 saturated heterocycles. The highest BCUT2D eigenvalue weighted by Crippen LogP contribution is 2.32. The Morgan fingerprint density at radius 3 is 2.67 bits per heavy atom. The number of rotatable bonds is 6. The lowest BCUT2D eigenvalue weighted by Crippen LogP contribution is -2.24. The van der Waals surface area contributed by atoms with Crippen LogP contribution >= 0.6 is 0 Å². The van der Waals surface area contributed by atoms with Crippen LogP contribution in [0.3, 0.4) is 0 Å². The molecule has 0 aliphatic carbocycles. The molecule has 146 valence electrons. The number of nitrogens with one attached hydrogen (secondary N) is 1. The number of sulfonamides is 1. The second-order valence-corrected chi connectivity index (χ2v) is 7.88. The normalized spacial score (nSPS) is 13.0. The largest absolute Gasteiger partial charge is 0.461 e. The number of benzene rings is 1. The number of hydrogen-bond donors (Lipinski definition) is 1. The van der Waals surface area contributed by atoms with Crippen molar-refractivity contribution in [1.29, 1.82) is 0 Å². The van der Waals surface area contributed by atoms with Gasteiger partial charge in [0.1, 0.15) is 10.6 Å². The predicted molar refractivity (Wildman–Crippen MR) is 97.4 cm³/mol. The summed E-state index contributed by atoms with van der Waals surface area (Å²) in [5.41, 5.74) is 1.80. The first-order valence-corrected chi connectivity index (χ1v) is 9.95. The summed E-state index contributed by atoms with van der Waals surface area (Å²) in [4.78, 5) is 12.3. The van der Waals surface area contributed by atoms with Crippen LogP contribution in [0.1, 0.15) is 34.2 Å². The van der Waals surface area contributed by atoms with Crippen molar-refractivity contribution in [3.63, 3.8) is 0 Å². The van der Waals surface area contributed by atoms with Crippen LogP contribution in [-0.2, 0) is 28.4 Å². The molecule has 1 aromatic carbocycles. The molecule has 1 aliphatic rings. The van der Waals surface area contributed by atoms with E-state index in [-0.39, 0.29) is 30.5 Å². The number of aromatic nitrogens is 1. The van der Waals surface area contributed by atoms with Crippen LogP contribution in [0.5, 0.6) is 11.5 Å². The van der Waals surface area contributed by atoms with E-state index in [9.17, 15) is 13.2 Å². The summed E-state index contributed by atoms with van der Waals surface area (Å²) < 4.78 is 45.5.